The fourth-order valence-electron chi connectivity index (χ4n) is 7.79. The van der Waals surface area contributed by atoms with Crippen molar-refractivity contribution in [1.82, 2.24) is 4.58 Å². The largest absolute Gasteiger partial charge is 1.00 e. The van der Waals surface area contributed by atoms with Crippen LogP contribution in [0.15, 0.2) is 69.6 Å². The third kappa shape index (κ3) is 18.7. The van der Waals surface area contributed by atoms with E-state index < -0.39 is 58.1 Å². The van der Waals surface area contributed by atoms with Crippen molar-refractivity contribution in [2.75, 3.05) is 76.2 Å². The standard InChI is InChI=1S/C44H62N2O15S3.2Na/c1-43(2,3)37-31-34(61-40-30-33(15-17-36(37)40)45(20-11-29-63(52,53)54)22-23-59-26-27-60-25-24-58-5)12-9-13-41-44(4,19-10-28-62(49,50)51)38-32-35(64(55,56)57)16-18-39(38)46(41)21-8-6-7-14-42(47)48;;/h9,12-13,15-18,30-32H,6-8,10-11,14,19-29H2,1-5H3,(H3-,47,48,49,50,51,52,53,54,55,56,57);;/q;2*+1/p-2. The number of hydrogen-bond donors (Lipinski definition) is 1. The first kappa shape index (κ1) is 60.1. The number of methoxy groups -OCH3 is 1. The third-order valence-electron chi connectivity index (χ3n) is 10.9. The maximum Gasteiger partial charge on any atom is 1.00 e. The number of ether oxygens (including phenoxy) is 3. The maximum atomic E-state index is 12.2. The van der Waals surface area contributed by atoms with Crippen molar-refractivity contribution in [1.29, 1.82) is 0 Å². The number of carboxylic acid groups (broad SMARTS) is 1. The number of aliphatic carboxylic acids is 1. The number of rotatable bonds is 26. The fraction of sp³-hybridized carbons (Fsp3) is 0.545. The van der Waals surface area contributed by atoms with Crippen LogP contribution in [0, 0.1) is 0 Å². The third-order valence-corrected chi connectivity index (χ3v) is 13.3. The first-order valence-corrected chi connectivity index (χ1v) is 25.7. The minimum Gasteiger partial charge on any atom is -0.748 e. The van der Waals surface area contributed by atoms with Crippen molar-refractivity contribution in [3.8, 4) is 11.3 Å². The summed E-state index contributed by atoms with van der Waals surface area (Å²) in [5.74, 6) is -1.12. The Labute approximate surface area is 433 Å². The Bertz CT molecular complexity index is 2520. The van der Waals surface area contributed by atoms with E-state index in [0.29, 0.717) is 99.2 Å². The first-order valence-electron chi connectivity index (χ1n) is 21.1. The molecule has 1 aliphatic carbocycles. The summed E-state index contributed by atoms with van der Waals surface area (Å²) in [7, 11) is -12.3. The predicted octanol–water partition coefficient (Wildman–Crippen LogP) is -1.37. The van der Waals surface area contributed by atoms with Crippen LogP contribution in [0.1, 0.15) is 89.5 Å². The number of unbranched alkanes of at least 4 members (excludes halogenated alkanes) is 2. The van der Waals surface area contributed by atoms with Gasteiger partial charge in [-0.05, 0) is 91.6 Å². The predicted molar refractivity (Wildman–Crippen MR) is 238 cm³/mol. The molecule has 2 heterocycles. The molecule has 1 atom stereocenters. The molecular weight excluding hydrogens is 939 g/mol. The molecule has 0 bridgehead atoms. The van der Waals surface area contributed by atoms with E-state index in [4.69, 9.17) is 23.7 Å². The molecule has 0 saturated carbocycles. The minimum absolute atomic E-state index is 0. The second-order valence-electron chi connectivity index (χ2n) is 16.9. The maximum absolute atomic E-state index is 12.2. The summed E-state index contributed by atoms with van der Waals surface area (Å²) in [5, 5.41) is 9.87. The van der Waals surface area contributed by atoms with Gasteiger partial charge in [-0.25, -0.2) is 29.8 Å². The van der Waals surface area contributed by atoms with Gasteiger partial charge in [-0.3, -0.25) is 4.79 Å². The first-order chi connectivity index (χ1) is 29.9. The van der Waals surface area contributed by atoms with Crippen molar-refractivity contribution in [2.45, 2.75) is 88.4 Å². The quantitative estimate of drug-likeness (QED) is 0.0421. The van der Waals surface area contributed by atoms with Crippen LogP contribution in [-0.2, 0) is 60.2 Å². The van der Waals surface area contributed by atoms with E-state index >= 15 is 0 Å². The molecule has 0 fully saturated rings. The smallest absolute Gasteiger partial charge is 0.748 e. The Morgan fingerprint density at radius 3 is 2.11 bits per heavy atom. The molecule has 0 amide bonds. The summed E-state index contributed by atoms with van der Waals surface area (Å²) in [5.41, 5.74) is 2.07. The van der Waals surface area contributed by atoms with Gasteiger partial charge in [0.2, 0.25) is 5.36 Å². The summed E-state index contributed by atoms with van der Waals surface area (Å²) in [6, 6.07) is 11.7. The second-order valence-corrected chi connectivity index (χ2v) is 21.3. The van der Waals surface area contributed by atoms with E-state index in [-0.39, 0.29) is 96.8 Å². The molecule has 17 nitrogen and oxygen atoms in total. The Hall–Kier alpha value is -1.99. The van der Waals surface area contributed by atoms with E-state index in [1.54, 1.807) is 32.3 Å². The Balaban J connectivity index is 0.00000748. The summed E-state index contributed by atoms with van der Waals surface area (Å²) >= 11 is 0. The molecule has 4 rings (SSSR count). The zero-order valence-electron chi connectivity index (χ0n) is 39.1. The summed E-state index contributed by atoms with van der Waals surface area (Å²) in [4.78, 5) is 12.7. The molecule has 1 aromatic carbocycles. The Morgan fingerprint density at radius 1 is 0.833 bits per heavy atom. The molecule has 66 heavy (non-hydrogen) atoms. The monoisotopic (exact) mass is 998 g/mol. The summed E-state index contributed by atoms with van der Waals surface area (Å²) in [6.45, 7) is 10.9. The summed E-state index contributed by atoms with van der Waals surface area (Å²) in [6.07, 6.45) is 6.99. The number of carboxylic acids is 1. The molecule has 0 saturated heterocycles. The van der Waals surface area contributed by atoms with Crippen LogP contribution in [0.3, 0.4) is 0 Å². The number of fused-ring (bicyclic) bond motifs is 2. The van der Waals surface area contributed by atoms with Gasteiger partial charge in [0.25, 0.3) is 0 Å². The average molecular weight is 999 g/mol. The van der Waals surface area contributed by atoms with Gasteiger partial charge in [0.15, 0.2) is 6.54 Å². The number of anilines is 1. The van der Waals surface area contributed by atoms with Gasteiger partial charge in [0.05, 0.1) is 57.6 Å². The van der Waals surface area contributed by atoms with Crippen molar-refractivity contribution < 1.29 is 127 Å². The van der Waals surface area contributed by atoms with E-state index in [0.717, 1.165) is 11.1 Å². The summed E-state index contributed by atoms with van der Waals surface area (Å²) < 4.78 is 131. The fourth-order valence-corrected chi connectivity index (χ4v) is 9.26. The van der Waals surface area contributed by atoms with E-state index in [9.17, 15) is 43.7 Å². The molecule has 0 spiro atoms. The van der Waals surface area contributed by atoms with E-state index in [2.05, 4.69) is 20.8 Å². The van der Waals surface area contributed by atoms with E-state index in [1.807, 2.05) is 33.7 Å². The number of hydrogen-bond acceptors (Lipinski definition) is 15. The van der Waals surface area contributed by atoms with Gasteiger partial charge >= 0.3 is 65.1 Å². The van der Waals surface area contributed by atoms with Gasteiger partial charge in [0.1, 0.15) is 34.8 Å². The van der Waals surface area contributed by atoms with Gasteiger partial charge in [-0.15, -0.1) is 0 Å². The molecule has 3 aliphatic rings. The molecule has 356 valence electrons. The average Bonchev–Trinajstić information content (AvgIpc) is 3.41. The SMILES string of the molecule is COCCOCCOCC[N+](CCCS(=O)(=O)[O-])=c1ccc2c(C(C)(C)C)cc(/C=C/C=C3/N(CCCCCC(=O)O)c4ccc(S(=O)(=O)[O-])cc4C3(C)CCCS(=O)(=O)[O-])oc-2c1.[Na+].[Na+]. The van der Waals surface area contributed by atoms with Crippen LogP contribution >= 0.6 is 0 Å². The second kappa shape index (κ2) is 26.8. The molecule has 1 N–H and O–H groups in total. The van der Waals surface area contributed by atoms with Crippen LogP contribution in [0.4, 0.5) is 5.69 Å². The number of benzene rings is 2. The van der Waals surface area contributed by atoms with Crippen LogP contribution < -0.4 is 73.9 Å². The normalized spacial score (nSPS) is 16.7. The molecule has 0 aromatic heterocycles. The Morgan fingerprint density at radius 2 is 1.48 bits per heavy atom. The van der Waals surface area contributed by atoms with Crippen molar-refractivity contribution >= 4 is 48.1 Å². The minimum atomic E-state index is -4.87. The van der Waals surface area contributed by atoms with E-state index in [1.165, 1.54) is 18.2 Å². The van der Waals surface area contributed by atoms with Crippen LogP contribution in [0.2, 0.25) is 0 Å². The van der Waals surface area contributed by atoms with Gasteiger partial charge in [-0.1, -0.05) is 33.3 Å². The molecule has 1 aromatic rings. The molecule has 22 heteroatoms. The van der Waals surface area contributed by atoms with Crippen molar-refractivity contribution in [2.24, 2.45) is 0 Å². The molecule has 1 unspecified atom stereocenters. The molecular formula is C44H60N2Na2O15S3. The van der Waals surface area contributed by atoms with Gasteiger partial charge < -0.3 is 42.3 Å². The zero-order valence-corrected chi connectivity index (χ0v) is 45.5. The van der Waals surface area contributed by atoms with Crippen LogP contribution in [0.25, 0.3) is 17.4 Å². The van der Waals surface area contributed by atoms with Crippen molar-refractivity contribution in [3.63, 3.8) is 0 Å². The van der Waals surface area contributed by atoms with Crippen LogP contribution in [-0.4, -0.2) is 121 Å². The number of allylic oxidation sites excluding steroid dienone is 3. The van der Waals surface area contributed by atoms with Gasteiger partial charge in [0, 0.05) is 66.4 Å². The number of carbonyl (C=O) groups is 1. The Kier molecular flexibility index (Phi) is 24.5. The number of nitrogens with zero attached hydrogens (tertiary/aromatic N) is 2. The van der Waals surface area contributed by atoms with Gasteiger partial charge in [-0.2, -0.15) is 0 Å². The topological polar surface area (TPSA) is 256 Å². The molecule has 0 radical (unpaired) electrons. The zero-order chi connectivity index (χ0) is 47.3. The molecule has 2 aliphatic heterocycles. The van der Waals surface area contributed by atoms with Crippen molar-refractivity contribution in [3.05, 3.63) is 82.6 Å². The van der Waals surface area contributed by atoms with Crippen LogP contribution in [0.5, 0.6) is 0 Å².